The molecule has 1 aromatic rings. The lowest BCUT2D eigenvalue weighted by atomic mass is 9.49. The Morgan fingerprint density at radius 2 is 1.81 bits per heavy atom. The van der Waals surface area contributed by atoms with E-state index in [4.69, 9.17) is 4.74 Å². The van der Waals surface area contributed by atoms with Gasteiger partial charge in [-0.3, -0.25) is 4.79 Å². The monoisotopic (exact) mass is 432 g/mol. The number of rotatable bonds is 3. The molecule has 27 heavy (non-hydrogen) atoms. The van der Waals surface area contributed by atoms with Crippen molar-refractivity contribution < 1.29 is 9.53 Å². The molecule has 4 aliphatic carbocycles. The van der Waals surface area contributed by atoms with Gasteiger partial charge in [0.2, 0.25) is 5.91 Å². The van der Waals surface area contributed by atoms with E-state index < -0.39 is 0 Å². The SMILES string of the molecule is COc1cccc(N2CCN(C(=O)C34CC5CC(CC(Br)(C5)C3)C4)CC2)c1. The van der Waals surface area contributed by atoms with Gasteiger partial charge in [-0.05, 0) is 62.5 Å². The molecule has 1 saturated heterocycles. The molecular weight excluding hydrogens is 404 g/mol. The predicted octanol–water partition coefficient (Wildman–Crippen LogP) is 4.08. The average molecular weight is 433 g/mol. The number of hydrogen-bond donors (Lipinski definition) is 0. The Morgan fingerprint density at radius 3 is 2.44 bits per heavy atom. The van der Waals surface area contributed by atoms with Gasteiger partial charge in [-0.2, -0.15) is 0 Å². The summed E-state index contributed by atoms with van der Waals surface area (Å²) in [6.07, 6.45) is 7.23. The van der Waals surface area contributed by atoms with E-state index >= 15 is 0 Å². The highest BCUT2D eigenvalue weighted by atomic mass is 79.9. The van der Waals surface area contributed by atoms with E-state index in [0.717, 1.165) is 63.0 Å². The Hall–Kier alpha value is -1.23. The molecular formula is C22H29BrN2O2. The lowest BCUT2D eigenvalue weighted by Gasteiger charge is -2.60. The fourth-order valence-electron chi connectivity index (χ4n) is 6.71. The lowest BCUT2D eigenvalue weighted by Crippen LogP contribution is -2.61. The first-order valence-corrected chi connectivity index (χ1v) is 11.2. The first-order valence-electron chi connectivity index (χ1n) is 10.4. The van der Waals surface area contributed by atoms with Crippen LogP contribution in [0.3, 0.4) is 0 Å². The van der Waals surface area contributed by atoms with Crippen molar-refractivity contribution in [3.05, 3.63) is 24.3 Å². The number of amides is 1. The molecule has 4 nitrogen and oxygen atoms in total. The van der Waals surface area contributed by atoms with Crippen LogP contribution in [0.4, 0.5) is 5.69 Å². The average Bonchev–Trinajstić information content (AvgIpc) is 2.66. The lowest BCUT2D eigenvalue weighted by molar-refractivity contribution is -0.155. The molecule has 2 atom stereocenters. The molecule has 0 N–H and O–H groups in total. The van der Waals surface area contributed by atoms with E-state index in [0.29, 0.717) is 5.91 Å². The molecule has 6 rings (SSSR count). The number of piperazine rings is 1. The van der Waals surface area contributed by atoms with Gasteiger partial charge in [-0.1, -0.05) is 22.0 Å². The van der Waals surface area contributed by atoms with Gasteiger partial charge in [-0.15, -0.1) is 0 Å². The van der Waals surface area contributed by atoms with Crippen LogP contribution in [0.5, 0.6) is 5.75 Å². The molecule has 0 aromatic heterocycles. The van der Waals surface area contributed by atoms with Gasteiger partial charge in [0.1, 0.15) is 5.75 Å². The van der Waals surface area contributed by atoms with E-state index in [-0.39, 0.29) is 9.74 Å². The molecule has 4 saturated carbocycles. The third-order valence-corrected chi connectivity index (χ3v) is 8.36. The van der Waals surface area contributed by atoms with Crippen LogP contribution >= 0.6 is 15.9 Å². The van der Waals surface area contributed by atoms with Crippen LogP contribution in [0.15, 0.2) is 24.3 Å². The van der Waals surface area contributed by atoms with E-state index in [1.807, 2.05) is 12.1 Å². The fourth-order valence-corrected chi connectivity index (χ4v) is 8.16. The van der Waals surface area contributed by atoms with Gasteiger partial charge in [0.15, 0.2) is 0 Å². The molecule has 2 unspecified atom stereocenters. The molecule has 5 aliphatic rings. The van der Waals surface area contributed by atoms with Crippen LogP contribution in [0, 0.1) is 17.3 Å². The van der Waals surface area contributed by atoms with Crippen LogP contribution in [-0.4, -0.2) is 48.4 Å². The van der Waals surface area contributed by atoms with Gasteiger partial charge < -0.3 is 14.5 Å². The first kappa shape index (κ1) is 17.8. The van der Waals surface area contributed by atoms with Crippen molar-refractivity contribution in [2.24, 2.45) is 17.3 Å². The summed E-state index contributed by atoms with van der Waals surface area (Å²) in [5, 5.41) is 0. The van der Waals surface area contributed by atoms with Crippen molar-refractivity contribution in [1.29, 1.82) is 0 Å². The fraction of sp³-hybridized carbons (Fsp3) is 0.682. The summed E-state index contributed by atoms with van der Waals surface area (Å²) in [5.41, 5.74) is 1.11. The quantitative estimate of drug-likeness (QED) is 0.674. The maximum atomic E-state index is 13.6. The molecule has 0 radical (unpaired) electrons. The van der Waals surface area contributed by atoms with Crippen LogP contribution in [0.25, 0.3) is 0 Å². The molecule has 5 heteroatoms. The summed E-state index contributed by atoms with van der Waals surface area (Å²) in [4.78, 5) is 18.1. The third kappa shape index (κ3) is 3.06. The number of ether oxygens (including phenoxy) is 1. The maximum Gasteiger partial charge on any atom is 0.228 e. The van der Waals surface area contributed by atoms with Crippen LogP contribution in [0.2, 0.25) is 0 Å². The summed E-state index contributed by atoms with van der Waals surface area (Å²) in [6.45, 7) is 3.48. The topological polar surface area (TPSA) is 32.8 Å². The number of carbonyl (C=O) groups is 1. The smallest absolute Gasteiger partial charge is 0.228 e. The van der Waals surface area contributed by atoms with E-state index in [9.17, 15) is 4.79 Å². The molecule has 1 heterocycles. The highest BCUT2D eigenvalue weighted by Crippen LogP contribution is 2.64. The number of hydrogen-bond acceptors (Lipinski definition) is 3. The number of carbonyl (C=O) groups excluding carboxylic acids is 1. The summed E-state index contributed by atoms with van der Waals surface area (Å²) in [5.74, 6) is 2.85. The van der Waals surface area contributed by atoms with Crippen molar-refractivity contribution in [2.45, 2.75) is 42.8 Å². The Morgan fingerprint density at radius 1 is 1.11 bits per heavy atom. The highest BCUT2D eigenvalue weighted by Gasteiger charge is 2.60. The summed E-state index contributed by atoms with van der Waals surface area (Å²) < 4.78 is 5.60. The zero-order chi connectivity index (χ0) is 18.6. The van der Waals surface area contributed by atoms with Crippen molar-refractivity contribution >= 4 is 27.5 Å². The van der Waals surface area contributed by atoms with Gasteiger partial charge in [0, 0.05) is 42.3 Å². The Bertz CT molecular complexity index is 730. The second kappa shape index (κ2) is 6.40. The number of nitrogens with zero attached hydrogens (tertiary/aromatic N) is 2. The van der Waals surface area contributed by atoms with E-state index in [1.54, 1.807) is 7.11 Å². The first-order chi connectivity index (χ1) is 13.0. The Labute approximate surface area is 170 Å². The summed E-state index contributed by atoms with van der Waals surface area (Å²) in [7, 11) is 1.71. The molecule has 0 spiro atoms. The second-order valence-electron chi connectivity index (χ2n) is 9.37. The standard InChI is InChI=1S/C22H29BrN2O2/c1-27-19-4-2-3-18(10-19)24-5-7-25(8-6-24)20(26)21-11-16-9-17(12-21)14-22(23,13-16)15-21/h2-4,10,16-17H,5-9,11-15H2,1H3. The number of halogens is 1. The minimum Gasteiger partial charge on any atom is -0.497 e. The largest absolute Gasteiger partial charge is 0.497 e. The number of anilines is 1. The molecule has 4 bridgehead atoms. The zero-order valence-corrected chi connectivity index (χ0v) is 17.7. The van der Waals surface area contributed by atoms with Gasteiger partial charge in [0.05, 0.1) is 12.5 Å². The van der Waals surface area contributed by atoms with Crippen molar-refractivity contribution in [1.82, 2.24) is 4.90 Å². The molecule has 5 fully saturated rings. The van der Waals surface area contributed by atoms with E-state index in [1.165, 1.54) is 24.9 Å². The molecule has 1 aromatic carbocycles. The van der Waals surface area contributed by atoms with Crippen LogP contribution in [0.1, 0.15) is 38.5 Å². The van der Waals surface area contributed by atoms with Crippen molar-refractivity contribution in [3.8, 4) is 5.75 Å². The molecule has 1 amide bonds. The van der Waals surface area contributed by atoms with Gasteiger partial charge in [0.25, 0.3) is 0 Å². The third-order valence-electron chi connectivity index (χ3n) is 7.43. The summed E-state index contributed by atoms with van der Waals surface area (Å²) in [6, 6.07) is 8.24. The highest BCUT2D eigenvalue weighted by molar-refractivity contribution is 9.10. The normalized spacial score (nSPS) is 37.6. The second-order valence-corrected chi connectivity index (χ2v) is 11.1. The molecule has 1 aliphatic heterocycles. The van der Waals surface area contributed by atoms with E-state index in [2.05, 4.69) is 37.9 Å². The minimum atomic E-state index is -0.0777. The Kier molecular flexibility index (Phi) is 4.23. The van der Waals surface area contributed by atoms with Gasteiger partial charge >= 0.3 is 0 Å². The number of methoxy groups -OCH3 is 1. The molecule has 146 valence electrons. The number of benzene rings is 1. The number of alkyl halides is 1. The van der Waals surface area contributed by atoms with Crippen molar-refractivity contribution in [2.75, 3.05) is 38.2 Å². The van der Waals surface area contributed by atoms with Crippen molar-refractivity contribution in [3.63, 3.8) is 0 Å². The Balaban J connectivity index is 1.28. The van der Waals surface area contributed by atoms with Crippen LogP contribution in [-0.2, 0) is 4.79 Å². The van der Waals surface area contributed by atoms with Crippen LogP contribution < -0.4 is 9.64 Å². The predicted molar refractivity (Wildman–Crippen MR) is 111 cm³/mol. The maximum absolute atomic E-state index is 13.6. The minimum absolute atomic E-state index is 0.0777. The zero-order valence-electron chi connectivity index (χ0n) is 16.1. The van der Waals surface area contributed by atoms with Gasteiger partial charge in [-0.25, -0.2) is 0 Å². The summed E-state index contributed by atoms with van der Waals surface area (Å²) >= 11 is 4.05.